The molecule has 5 heavy (non-hydrogen) atoms. The fourth-order valence-corrected chi connectivity index (χ4v) is 0.0645. The van der Waals surface area contributed by atoms with E-state index in [4.69, 9.17) is 12.3 Å². The van der Waals surface area contributed by atoms with E-state index in [0.717, 1.165) is 0 Å². The van der Waals surface area contributed by atoms with Crippen molar-refractivity contribution in [3.05, 3.63) is 11.4 Å². The largest absolute Gasteiger partial charge is 0.324 e. The van der Waals surface area contributed by atoms with Crippen LogP contribution in [-0.4, -0.2) is 13.1 Å². The molecular weight excluding hydrogens is 64.0 g/mol. The van der Waals surface area contributed by atoms with Gasteiger partial charge in [-0.2, -0.15) is 0 Å². The molecule has 0 heterocycles. The van der Waals surface area contributed by atoms with Gasteiger partial charge < -0.3 is 10.6 Å². The van der Waals surface area contributed by atoms with Crippen molar-refractivity contribution < 1.29 is 0 Å². The van der Waals surface area contributed by atoms with Gasteiger partial charge in [0.25, 0.3) is 0 Å². The number of nitrogens with zero attached hydrogens (tertiary/aromatic N) is 1. The summed E-state index contributed by atoms with van der Waals surface area (Å²) in [6, 6.07) is 0. The van der Waals surface area contributed by atoms with E-state index in [1.165, 1.54) is 0 Å². The van der Waals surface area contributed by atoms with Gasteiger partial charge in [-0.3, -0.25) is 0 Å². The number of rotatable bonds is 1. The summed E-state index contributed by atoms with van der Waals surface area (Å²) in [4.78, 5) is 2.98. The molecule has 0 bridgehead atoms. The summed E-state index contributed by atoms with van der Waals surface area (Å²) in [5, 5.41) is 0. The minimum absolute atomic E-state index is 0.458. The maximum atomic E-state index is 6.15. The van der Waals surface area contributed by atoms with Crippen LogP contribution >= 0.6 is 0 Å². The molecule has 0 rings (SSSR count). The third-order valence-electron chi connectivity index (χ3n) is 0.241. The first-order valence-corrected chi connectivity index (χ1v) is 1.45. The van der Waals surface area contributed by atoms with E-state index in [9.17, 15) is 0 Å². The molecule has 0 spiro atoms. The Morgan fingerprint density at radius 3 is 2.40 bits per heavy atom. The summed E-state index contributed by atoms with van der Waals surface area (Å²) in [6.45, 7) is 7.10. The highest BCUT2D eigenvalue weighted by Crippen LogP contribution is 1.53. The molecular formula is C3H6N2. The van der Waals surface area contributed by atoms with Gasteiger partial charge in [0, 0.05) is 0 Å². The summed E-state index contributed by atoms with van der Waals surface area (Å²) in [7, 11) is 0. The molecule has 2 heteroatoms. The summed E-state index contributed by atoms with van der Waals surface area (Å²) in [6.07, 6.45) is 0. The van der Waals surface area contributed by atoms with Crippen LogP contribution in [0.15, 0.2) is 0 Å². The molecule has 0 atom stereocenters. The first-order chi connectivity index (χ1) is 2.41. The van der Waals surface area contributed by atoms with E-state index >= 15 is 0 Å². The Kier molecular flexibility index (Phi) is 3.07. The van der Waals surface area contributed by atoms with Crippen LogP contribution in [0.3, 0.4) is 0 Å². The molecule has 0 aliphatic rings. The van der Waals surface area contributed by atoms with Crippen molar-refractivity contribution in [2.24, 2.45) is 5.73 Å². The Morgan fingerprint density at radius 2 is 2.40 bits per heavy atom. The minimum atomic E-state index is 0.458. The summed E-state index contributed by atoms with van der Waals surface area (Å²) in [5.41, 5.74) is 4.93. The van der Waals surface area contributed by atoms with E-state index in [1.807, 2.05) is 0 Å². The Balaban J connectivity index is 2.48. The highest BCUT2D eigenvalue weighted by Gasteiger charge is 1.68. The van der Waals surface area contributed by atoms with Gasteiger partial charge in [0.15, 0.2) is 0 Å². The lowest BCUT2D eigenvalue weighted by molar-refractivity contribution is 1.08. The van der Waals surface area contributed by atoms with E-state index in [0.29, 0.717) is 13.1 Å². The summed E-state index contributed by atoms with van der Waals surface area (Å²) < 4.78 is 0. The molecule has 0 aromatic heterocycles. The predicted molar refractivity (Wildman–Crippen MR) is 20.5 cm³/mol. The van der Waals surface area contributed by atoms with Crippen LogP contribution in [0.25, 0.3) is 4.85 Å². The van der Waals surface area contributed by atoms with Crippen molar-refractivity contribution in [3.8, 4) is 0 Å². The van der Waals surface area contributed by atoms with E-state index < -0.39 is 0 Å². The van der Waals surface area contributed by atoms with Crippen molar-refractivity contribution in [2.45, 2.75) is 0 Å². The average Bonchev–Trinajstić information content (AvgIpc) is 1.41. The Morgan fingerprint density at radius 1 is 1.80 bits per heavy atom. The Hall–Kier alpha value is -0.550. The lowest BCUT2D eigenvalue weighted by atomic mass is 10.7. The van der Waals surface area contributed by atoms with Gasteiger partial charge in [-0.15, -0.1) is 0 Å². The second kappa shape index (κ2) is 3.45. The molecule has 2 nitrogen and oxygen atoms in total. The molecule has 0 aliphatic heterocycles. The standard InChI is InChI=1S/C3H6N2/c1-5-3-2-4/h2-4H2. The van der Waals surface area contributed by atoms with Gasteiger partial charge in [-0.1, -0.05) is 0 Å². The zero-order valence-electron chi connectivity index (χ0n) is 2.94. The molecule has 0 radical (unpaired) electrons. The van der Waals surface area contributed by atoms with Crippen molar-refractivity contribution in [1.82, 2.24) is 0 Å². The van der Waals surface area contributed by atoms with Crippen LogP contribution in [-0.2, 0) is 0 Å². The van der Waals surface area contributed by atoms with Crippen LogP contribution in [0.5, 0.6) is 0 Å². The van der Waals surface area contributed by atoms with Gasteiger partial charge in [0.1, 0.15) is 0 Å². The van der Waals surface area contributed by atoms with Gasteiger partial charge in [-0.05, 0) is 0 Å². The van der Waals surface area contributed by atoms with Crippen LogP contribution in [0.4, 0.5) is 0 Å². The van der Waals surface area contributed by atoms with Crippen LogP contribution < -0.4 is 5.73 Å². The first kappa shape index (κ1) is 4.45. The molecule has 0 saturated carbocycles. The molecule has 0 unspecified atom stereocenters. The van der Waals surface area contributed by atoms with Crippen molar-refractivity contribution in [2.75, 3.05) is 13.1 Å². The van der Waals surface area contributed by atoms with Crippen LogP contribution in [0.2, 0.25) is 0 Å². The molecule has 0 aromatic rings. The zero-order chi connectivity index (χ0) is 4.12. The van der Waals surface area contributed by atoms with Gasteiger partial charge in [-0.25, -0.2) is 6.57 Å². The molecule has 28 valence electrons. The fraction of sp³-hybridized carbons (Fsp3) is 0.667. The van der Waals surface area contributed by atoms with E-state index in [2.05, 4.69) is 4.85 Å². The number of hydrogen-bond donors (Lipinski definition) is 1. The molecule has 0 saturated heterocycles. The lowest BCUT2D eigenvalue weighted by Crippen LogP contribution is -1.99. The smallest absolute Gasteiger partial charge is 0.226 e. The number of hydrogen-bond acceptors (Lipinski definition) is 1. The van der Waals surface area contributed by atoms with Crippen molar-refractivity contribution in [1.29, 1.82) is 0 Å². The Labute approximate surface area is 31.4 Å². The molecule has 2 N–H and O–H groups in total. The third kappa shape index (κ3) is 3.45. The minimum Gasteiger partial charge on any atom is -0.324 e. The zero-order valence-corrected chi connectivity index (χ0v) is 2.94. The summed E-state index contributed by atoms with van der Waals surface area (Å²) in [5.74, 6) is 0. The lowest BCUT2D eigenvalue weighted by Gasteiger charge is -1.67. The fourth-order valence-electron chi connectivity index (χ4n) is 0.0645. The highest BCUT2D eigenvalue weighted by atomic mass is 14.7. The quantitative estimate of drug-likeness (QED) is 0.428. The van der Waals surface area contributed by atoms with E-state index in [-0.39, 0.29) is 0 Å². The SMILES string of the molecule is [C-]#[N+]CCN. The van der Waals surface area contributed by atoms with Crippen molar-refractivity contribution >= 4 is 0 Å². The maximum Gasteiger partial charge on any atom is 0.226 e. The van der Waals surface area contributed by atoms with Gasteiger partial charge in [0.05, 0.1) is 6.54 Å². The van der Waals surface area contributed by atoms with Gasteiger partial charge >= 0.3 is 0 Å². The third-order valence-corrected chi connectivity index (χ3v) is 0.241. The predicted octanol–water partition coefficient (Wildman–Crippen LogP) is -0.136. The average molecular weight is 70.1 g/mol. The molecule has 0 aromatic carbocycles. The van der Waals surface area contributed by atoms with Crippen LogP contribution in [0.1, 0.15) is 0 Å². The Bertz CT molecular complexity index is 43.3. The topological polar surface area (TPSA) is 30.4 Å². The first-order valence-electron chi connectivity index (χ1n) is 1.45. The maximum absolute atomic E-state index is 6.15. The highest BCUT2D eigenvalue weighted by molar-refractivity contribution is 4.55. The van der Waals surface area contributed by atoms with E-state index in [1.54, 1.807) is 0 Å². The summed E-state index contributed by atoms with van der Waals surface area (Å²) >= 11 is 0. The number of nitrogens with two attached hydrogens (primary N) is 1. The van der Waals surface area contributed by atoms with Crippen LogP contribution in [0, 0.1) is 6.57 Å². The molecule has 0 fully saturated rings. The molecule has 0 amide bonds. The second-order valence-electron chi connectivity index (χ2n) is 0.670. The second-order valence-corrected chi connectivity index (χ2v) is 0.670. The monoisotopic (exact) mass is 70.1 g/mol. The van der Waals surface area contributed by atoms with Crippen molar-refractivity contribution in [3.63, 3.8) is 0 Å². The molecule has 0 aliphatic carbocycles. The van der Waals surface area contributed by atoms with Gasteiger partial charge in [0.2, 0.25) is 6.54 Å². The normalized spacial score (nSPS) is 6.40.